The lowest BCUT2D eigenvalue weighted by Gasteiger charge is -2.00. The van der Waals surface area contributed by atoms with Crippen molar-refractivity contribution < 1.29 is 9.53 Å². The lowest BCUT2D eigenvalue weighted by molar-refractivity contribution is 0.0535. The topological polar surface area (TPSA) is 26.3 Å². The highest BCUT2D eigenvalue weighted by molar-refractivity contribution is 5.94. The van der Waals surface area contributed by atoms with Crippen molar-refractivity contribution in [1.29, 1.82) is 0 Å². The van der Waals surface area contributed by atoms with Crippen LogP contribution in [-0.2, 0) is 11.3 Å². The van der Waals surface area contributed by atoms with Crippen molar-refractivity contribution in [3.8, 4) is 0 Å². The minimum atomic E-state index is -0.224. The van der Waals surface area contributed by atoms with E-state index in [2.05, 4.69) is 6.58 Å². The van der Waals surface area contributed by atoms with Crippen LogP contribution in [0, 0.1) is 0 Å². The molecule has 0 saturated heterocycles. The molecule has 1 aliphatic rings. The van der Waals surface area contributed by atoms with E-state index in [1.807, 2.05) is 25.1 Å². The fourth-order valence-electron chi connectivity index (χ4n) is 1.38. The second kappa shape index (κ2) is 2.73. The van der Waals surface area contributed by atoms with Gasteiger partial charge < -0.3 is 4.74 Å². The molecule has 13 heavy (non-hydrogen) atoms. The number of hydrogen-bond acceptors (Lipinski definition) is 2. The smallest absolute Gasteiger partial charge is 0.338 e. The number of carbonyl (C=O) groups is 1. The molecular weight excluding hydrogens is 164 g/mol. The Balaban J connectivity index is 2.54. The summed E-state index contributed by atoms with van der Waals surface area (Å²) < 4.78 is 4.89. The molecule has 0 fully saturated rings. The highest BCUT2D eigenvalue weighted by Gasteiger charge is 2.20. The van der Waals surface area contributed by atoms with Crippen molar-refractivity contribution in [2.45, 2.75) is 13.5 Å². The van der Waals surface area contributed by atoms with Gasteiger partial charge in [0.2, 0.25) is 0 Å². The predicted molar refractivity (Wildman–Crippen MR) is 50.3 cm³/mol. The highest BCUT2D eigenvalue weighted by atomic mass is 16.5. The summed E-state index contributed by atoms with van der Waals surface area (Å²) in [6, 6.07) is 5.72. The number of hydrogen-bond donors (Lipinski definition) is 0. The summed E-state index contributed by atoms with van der Waals surface area (Å²) in [4.78, 5) is 11.2. The molecule has 0 bridgehead atoms. The van der Waals surface area contributed by atoms with E-state index >= 15 is 0 Å². The van der Waals surface area contributed by atoms with Gasteiger partial charge in [0, 0.05) is 5.56 Å². The second-order valence-corrected chi connectivity index (χ2v) is 3.23. The van der Waals surface area contributed by atoms with Gasteiger partial charge in [-0.2, -0.15) is 0 Å². The van der Waals surface area contributed by atoms with E-state index in [1.54, 1.807) is 0 Å². The maximum Gasteiger partial charge on any atom is 0.338 e. The average Bonchev–Trinajstić information content (AvgIpc) is 2.47. The number of benzene rings is 1. The summed E-state index contributed by atoms with van der Waals surface area (Å²) in [5.74, 6) is -0.224. The molecule has 2 heteroatoms. The van der Waals surface area contributed by atoms with E-state index in [-0.39, 0.29) is 5.97 Å². The van der Waals surface area contributed by atoms with Crippen LogP contribution in [0.5, 0.6) is 0 Å². The minimum absolute atomic E-state index is 0.224. The quantitative estimate of drug-likeness (QED) is 0.611. The fourth-order valence-corrected chi connectivity index (χ4v) is 1.38. The summed E-state index contributed by atoms with van der Waals surface area (Å²) in [7, 11) is 0. The predicted octanol–water partition coefficient (Wildman–Crippen LogP) is 2.39. The number of fused-ring (bicyclic) bond motifs is 1. The molecule has 0 amide bonds. The van der Waals surface area contributed by atoms with E-state index in [4.69, 9.17) is 4.74 Å². The zero-order valence-corrected chi connectivity index (χ0v) is 7.46. The minimum Gasteiger partial charge on any atom is -0.457 e. The molecule has 0 spiro atoms. The summed E-state index contributed by atoms with van der Waals surface area (Å²) >= 11 is 0. The van der Waals surface area contributed by atoms with Crippen molar-refractivity contribution in [3.05, 3.63) is 41.5 Å². The van der Waals surface area contributed by atoms with Gasteiger partial charge >= 0.3 is 5.97 Å². The molecule has 1 aromatic rings. The van der Waals surface area contributed by atoms with Gasteiger partial charge in [0.1, 0.15) is 6.61 Å². The number of carbonyl (C=O) groups excluding carboxylic acids is 1. The van der Waals surface area contributed by atoms with Crippen molar-refractivity contribution >= 4 is 11.5 Å². The van der Waals surface area contributed by atoms with Crippen LogP contribution in [0.4, 0.5) is 0 Å². The van der Waals surface area contributed by atoms with E-state index < -0.39 is 0 Å². The van der Waals surface area contributed by atoms with Crippen LogP contribution >= 0.6 is 0 Å². The molecule has 0 unspecified atom stereocenters. The van der Waals surface area contributed by atoms with Gasteiger partial charge in [-0.15, -0.1) is 0 Å². The Morgan fingerprint density at radius 2 is 2.31 bits per heavy atom. The molecule has 1 aliphatic heterocycles. The number of rotatable bonds is 1. The summed E-state index contributed by atoms with van der Waals surface area (Å²) in [6.07, 6.45) is 0. The van der Waals surface area contributed by atoms with Crippen LogP contribution in [0.15, 0.2) is 24.8 Å². The van der Waals surface area contributed by atoms with E-state index in [9.17, 15) is 4.79 Å². The fraction of sp³-hybridized carbons (Fsp3) is 0.182. The summed E-state index contributed by atoms with van der Waals surface area (Å²) in [6.45, 7) is 6.15. The molecule has 66 valence electrons. The maximum atomic E-state index is 11.2. The molecule has 0 aliphatic carbocycles. The monoisotopic (exact) mass is 174 g/mol. The molecule has 0 N–H and O–H groups in total. The van der Waals surface area contributed by atoms with Gasteiger partial charge in [0.15, 0.2) is 0 Å². The first-order valence-electron chi connectivity index (χ1n) is 4.14. The largest absolute Gasteiger partial charge is 0.457 e. The molecule has 2 rings (SSSR count). The SMILES string of the molecule is C=C(C)c1ccc2c(c1)C(=O)OC2. The number of allylic oxidation sites excluding steroid dienone is 1. The van der Waals surface area contributed by atoms with Crippen LogP contribution in [0.1, 0.15) is 28.4 Å². The van der Waals surface area contributed by atoms with Crippen LogP contribution < -0.4 is 0 Å². The molecule has 0 aromatic heterocycles. The van der Waals surface area contributed by atoms with Crippen LogP contribution in [0.2, 0.25) is 0 Å². The number of esters is 1. The molecule has 0 saturated carbocycles. The second-order valence-electron chi connectivity index (χ2n) is 3.23. The maximum absolute atomic E-state index is 11.2. The van der Waals surface area contributed by atoms with Gasteiger partial charge in [-0.1, -0.05) is 24.3 Å². The lowest BCUT2D eigenvalue weighted by Crippen LogP contribution is -1.94. The summed E-state index contributed by atoms with van der Waals surface area (Å²) in [5.41, 5.74) is 3.61. The van der Waals surface area contributed by atoms with Crippen molar-refractivity contribution in [1.82, 2.24) is 0 Å². The Morgan fingerprint density at radius 1 is 1.54 bits per heavy atom. The first-order chi connectivity index (χ1) is 6.18. The van der Waals surface area contributed by atoms with Gasteiger partial charge in [-0.05, 0) is 18.6 Å². The third-order valence-electron chi connectivity index (χ3n) is 2.18. The van der Waals surface area contributed by atoms with Crippen LogP contribution in [0.3, 0.4) is 0 Å². The van der Waals surface area contributed by atoms with Crippen molar-refractivity contribution in [2.24, 2.45) is 0 Å². The zero-order valence-electron chi connectivity index (χ0n) is 7.46. The standard InChI is InChI=1S/C11H10O2/c1-7(2)8-3-4-9-6-13-11(12)10(9)5-8/h3-5H,1,6H2,2H3. The van der Waals surface area contributed by atoms with Gasteiger partial charge in [0.25, 0.3) is 0 Å². The van der Waals surface area contributed by atoms with Crippen LogP contribution in [0.25, 0.3) is 5.57 Å². The first-order valence-corrected chi connectivity index (χ1v) is 4.14. The Labute approximate surface area is 76.8 Å². The molecule has 0 atom stereocenters. The molecule has 1 heterocycles. The molecule has 2 nitrogen and oxygen atoms in total. The van der Waals surface area contributed by atoms with Gasteiger partial charge in [-0.25, -0.2) is 4.79 Å². The number of cyclic esters (lactones) is 1. The Kier molecular flexibility index (Phi) is 1.69. The lowest BCUT2D eigenvalue weighted by atomic mass is 10.0. The Bertz CT molecular complexity index is 391. The third kappa shape index (κ3) is 1.24. The van der Waals surface area contributed by atoms with E-state index in [1.165, 1.54) is 0 Å². The molecule has 0 radical (unpaired) electrons. The van der Waals surface area contributed by atoms with E-state index in [0.29, 0.717) is 12.2 Å². The van der Waals surface area contributed by atoms with E-state index in [0.717, 1.165) is 16.7 Å². The third-order valence-corrected chi connectivity index (χ3v) is 2.18. The summed E-state index contributed by atoms with van der Waals surface area (Å²) in [5, 5.41) is 0. The molecular formula is C11H10O2. The zero-order chi connectivity index (χ0) is 9.42. The van der Waals surface area contributed by atoms with Crippen molar-refractivity contribution in [2.75, 3.05) is 0 Å². The Hall–Kier alpha value is -1.57. The normalized spacial score (nSPS) is 13.8. The number of ether oxygens (including phenoxy) is 1. The van der Waals surface area contributed by atoms with Gasteiger partial charge in [0.05, 0.1) is 5.56 Å². The van der Waals surface area contributed by atoms with Gasteiger partial charge in [-0.3, -0.25) is 0 Å². The molecule has 1 aromatic carbocycles. The highest BCUT2D eigenvalue weighted by Crippen LogP contribution is 2.23. The average molecular weight is 174 g/mol. The van der Waals surface area contributed by atoms with Crippen LogP contribution in [-0.4, -0.2) is 5.97 Å². The Morgan fingerprint density at radius 3 is 3.00 bits per heavy atom. The first kappa shape index (κ1) is 8.05. The van der Waals surface area contributed by atoms with Crippen molar-refractivity contribution in [3.63, 3.8) is 0 Å².